The number of barbiturate groups is 1. The second-order valence-corrected chi connectivity index (χ2v) is 5.73. The summed E-state index contributed by atoms with van der Waals surface area (Å²) < 4.78 is 0. The van der Waals surface area contributed by atoms with Crippen LogP contribution in [0.4, 0.5) is 10.5 Å². The van der Waals surface area contributed by atoms with Gasteiger partial charge in [0.1, 0.15) is 5.41 Å². The third kappa shape index (κ3) is 2.22. The number of carbonyl (C=O) groups is 3. The van der Waals surface area contributed by atoms with Gasteiger partial charge in [0.25, 0.3) is 5.91 Å². The van der Waals surface area contributed by atoms with Crippen LogP contribution in [0.5, 0.6) is 0 Å². The van der Waals surface area contributed by atoms with Crippen molar-refractivity contribution in [2.45, 2.75) is 38.5 Å². The molecule has 1 N–H and O–H groups in total. The average Bonchev–Trinajstić information content (AvgIpc) is 2.74. The zero-order valence-electron chi connectivity index (χ0n) is 11.8. The Kier molecular flexibility index (Phi) is 3.49. The third-order valence-electron chi connectivity index (χ3n) is 4.44. The molecular formula is C16H18N2O3. The maximum Gasteiger partial charge on any atom is 0.335 e. The molecule has 0 bridgehead atoms. The number of carbonyl (C=O) groups excluding carboxylic acids is 3. The number of rotatable bonds is 1. The van der Waals surface area contributed by atoms with E-state index in [2.05, 4.69) is 5.32 Å². The van der Waals surface area contributed by atoms with E-state index in [0.29, 0.717) is 18.5 Å². The molecule has 2 fully saturated rings. The Hall–Kier alpha value is -2.17. The first-order valence-corrected chi connectivity index (χ1v) is 7.40. The van der Waals surface area contributed by atoms with Crippen LogP contribution in [0.25, 0.3) is 0 Å². The lowest BCUT2D eigenvalue weighted by Gasteiger charge is -2.38. The number of hydrogen-bond acceptors (Lipinski definition) is 3. The van der Waals surface area contributed by atoms with E-state index in [4.69, 9.17) is 0 Å². The highest BCUT2D eigenvalue weighted by Crippen LogP contribution is 2.40. The van der Waals surface area contributed by atoms with Gasteiger partial charge in [-0.15, -0.1) is 0 Å². The molecule has 1 spiro atoms. The van der Waals surface area contributed by atoms with Gasteiger partial charge in [0.15, 0.2) is 0 Å². The highest BCUT2D eigenvalue weighted by molar-refractivity contribution is 6.29. The van der Waals surface area contributed by atoms with E-state index in [0.717, 1.165) is 30.6 Å². The fourth-order valence-electron chi connectivity index (χ4n) is 3.26. The van der Waals surface area contributed by atoms with Crippen molar-refractivity contribution < 1.29 is 14.4 Å². The van der Waals surface area contributed by atoms with Gasteiger partial charge in [-0.2, -0.15) is 0 Å². The van der Waals surface area contributed by atoms with E-state index < -0.39 is 17.4 Å². The van der Waals surface area contributed by atoms with Crippen LogP contribution in [0.2, 0.25) is 0 Å². The number of nitrogens with one attached hydrogen (secondary N) is 1. The van der Waals surface area contributed by atoms with Crippen LogP contribution in [0.1, 0.15) is 38.5 Å². The highest BCUT2D eigenvalue weighted by Gasteiger charge is 2.53. The summed E-state index contributed by atoms with van der Waals surface area (Å²) in [5.41, 5.74) is -0.559. The molecule has 1 aliphatic heterocycles. The maximum atomic E-state index is 12.9. The quantitative estimate of drug-likeness (QED) is 0.807. The number of anilines is 1. The predicted octanol–water partition coefficient (Wildman–Crippen LogP) is 2.61. The SMILES string of the molecule is O=C1NC(=O)C2(CCCCCC2)C(=O)N1c1ccccc1. The fourth-order valence-corrected chi connectivity index (χ4v) is 3.26. The second kappa shape index (κ2) is 5.31. The third-order valence-corrected chi connectivity index (χ3v) is 4.44. The molecule has 0 atom stereocenters. The summed E-state index contributed by atoms with van der Waals surface area (Å²) in [6.45, 7) is 0. The molecule has 1 aromatic rings. The fraction of sp³-hybridized carbons (Fsp3) is 0.438. The molecule has 1 aromatic carbocycles. The summed E-state index contributed by atoms with van der Waals surface area (Å²) in [4.78, 5) is 38.5. The highest BCUT2D eigenvalue weighted by atomic mass is 16.2. The summed E-state index contributed by atoms with van der Waals surface area (Å²) in [5, 5.41) is 2.37. The van der Waals surface area contributed by atoms with Gasteiger partial charge < -0.3 is 0 Å². The smallest absolute Gasteiger partial charge is 0.276 e. The molecule has 5 nitrogen and oxygen atoms in total. The maximum absolute atomic E-state index is 12.9. The molecule has 1 heterocycles. The van der Waals surface area contributed by atoms with Gasteiger partial charge in [0, 0.05) is 0 Å². The summed E-state index contributed by atoms with van der Waals surface area (Å²) >= 11 is 0. The Labute approximate surface area is 123 Å². The summed E-state index contributed by atoms with van der Waals surface area (Å²) in [5.74, 6) is -0.795. The van der Waals surface area contributed by atoms with Crippen LogP contribution in [0, 0.1) is 5.41 Å². The molecule has 21 heavy (non-hydrogen) atoms. The van der Waals surface area contributed by atoms with Crippen molar-refractivity contribution in [1.82, 2.24) is 5.32 Å². The average molecular weight is 286 g/mol. The molecule has 4 amide bonds. The Bertz CT molecular complexity index is 574. The van der Waals surface area contributed by atoms with E-state index >= 15 is 0 Å². The van der Waals surface area contributed by atoms with E-state index in [-0.39, 0.29) is 5.91 Å². The van der Waals surface area contributed by atoms with Gasteiger partial charge >= 0.3 is 6.03 Å². The Morgan fingerprint density at radius 1 is 0.905 bits per heavy atom. The summed E-state index contributed by atoms with van der Waals surface area (Å²) in [6, 6.07) is 8.13. The van der Waals surface area contributed by atoms with E-state index in [1.165, 1.54) is 0 Å². The number of hydrogen-bond donors (Lipinski definition) is 1. The first kappa shape index (κ1) is 13.8. The molecule has 2 aliphatic rings. The minimum atomic E-state index is -1.07. The minimum absolute atomic E-state index is 0.371. The summed E-state index contributed by atoms with van der Waals surface area (Å²) in [6.07, 6.45) is 4.79. The van der Waals surface area contributed by atoms with Crippen molar-refractivity contribution in [2.24, 2.45) is 5.41 Å². The van der Waals surface area contributed by atoms with Crippen molar-refractivity contribution in [3.05, 3.63) is 30.3 Å². The zero-order valence-corrected chi connectivity index (χ0v) is 11.8. The van der Waals surface area contributed by atoms with Crippen molar-refractivity contribution in [2.75, 3.05) is 4.90 Å². The first-order chi connectivity index (χ1) is 10.1. The van der Waals surface area contributed by atoms with Crippen LogP contribution in [-0.2, 0) is 9.59 Å². The zero-order chi connectivity index (χ0) is 14.9. The molecule has 0 aromatic heterocycles. The molecule has 1 aliphatic carbocycles. The Balaban J connectivity index is 2.01. The molecule has 1 saturated heterocycles. The van der Waals surface area contributed by atoms with E-state index in [1.807, 2.05) is 6.07 Å². The van der Waals surface area contributed by atoms with Crippen LogP contribution in [0.15, 0.2) is 30.3 Å². The normalized spacial score (nSPS) is 22.1. The molecule has 0 radical (unpaired) electrons. The number of para-hydroxylation sites is 1. The van der Waals surface area contributed by atoms with Crippen molar-refractivity contribution >= 4 is 23.5 Å². The van der Waals surface area contributed by atoms with Crippen LogP contribution in [-0.4, -0.2) is 17.8 Å². The van der Waals surface area contributed by atoms with E-state index in [1.54, 1.807) is 24.3 Å². The standard InChI is InChI=1S/C16H18N2O3/c19-13-16(10-6-1-2-7-11-16)14(20)18(15(21)17-13)12-8-4-3-5-9-12/h3-5,8-9H,1-2,6-7,10-11H2,(H,17,19,21). The monoisotopic (exact) mass is 286 g/mol. The number of benzene rings is 1. The number of nitrogens with zero attached hydrogens (tertiary/aromatic N) is 1. The molecular weight excluding hydrogens is 268 g/mol. The molecule has 110 valence electrons. The molecule has 1 saturated carbocycles. The van der Waals surface area contributed by atoms with Gasteiger partial charge in [0.05, 0.1) is 5.69 Å². The Morgan fingerprint density at radius 2 is 1.52 bits per heavy atom. The van der Waals surface area contributed by atoms with Crippen LogP contribution >= 0.6 is 0 Å². The van der Waals surface area contributed by atoms with E-state index in [9.17, 15) is 14.4 Å². The number of amides is 4. The molecule has 0 unspecified atom stereocenters. The lowest BCUT2D eigenvalue weighted by Crippen LogP contribution is -2.64. The van der Waals surface area contributed by atoms with Crippen molar-refractivity contribution in [3.8, 4) is 0 Å². The van der Waals surface area contributed by atoms with Gasteiger partial charge in [-0.05, 0) is 25.0 Å². The minimum Gasteiger partial charge on any atom is -0.276 e. The van der Waals surface area contributed by atoms with Crippen LogP contribution < -0.4 is 10.2 Å². The first-order valence-electron chi connectivity index (χ1n) is 7.40. The van der Waals surface area contributed by atoms with Crippen LogP contribution in [0.3, 0.4) is 0 Å². The number of urea groups is 1. The second-order valence-electron chi connectivity index (χ2n) is 5.73. The lowest BCUT2D eigenvalue weighted by atomic mass is 9.76. The molecule has 3 rings (SSSR count). The lowest BCUT2D eigenvalue weighted by molar-refractivity contribution is -0.143. The van der Waals surface area contributed by atoms with Gasteiger partial charge in [-0.25, -0.2) is 9.69 Å². The predicted molar refractivity (Wildman–Crippen MR) is 77.6 cm³/mol. The van der Waals surface area contributed by atoms with Gasteiger partial charge in [-0.1, -0.05) is 43.9 Å². The number of imide groups is 2. The Morgan fingerprint density at radius 3 is 2.14 bits per heavy atom. The van der Waals surface area contributed by atoms with Crippen molar-refractivity contribution in [1.29, 1.82) is 0 Å². The van der Waals surface area contributed by atoms with Crippen molar-refractivity contribution in [3.63, 3.8) is 0 Å². The van der Waals surface area contributed by atoms with Gasteiger partial charge in [0.2, 0.25) is 5.91 Å². The molecule has 5 heteroatoms. The topological polar surface area (TPSA) is 66.5 Å². The largest absolute Gasteiger partial charge is 0.335 e. The van der Waals surface area contributed by atoms with Gasteiger partial charge in [-0.3, -0.25) is 14.9 Å². The summed E-state index contributed by atoms with van der Waals surface area (Å²) in [7, 11) is 0.